The highest BCUT2D eigenvalue weighted by molar-refractivity contribution is 7.55. The molecule has 0 bridgehead atoms. The lowest BCUT2D eigenvalue weighted by Crippen LogP contribution is -2.05. The highest BCUT2D eigenvalue weighted by Gasteiger charge is 2.16. The monoisotopic (exact) mass is 485 g/mol. The van der Waals surface area contributed by atoms with Crippen molar-refractivity contribution in [3.05, 3.63) is 82.6 Å². The van der Waals surface area contributed by atoms with Gasteiger partial charge in [0.1, 0.15) is 18.0 Å². The van der Waals surface area contributed by atoms with Crippen LogP contribution in [0, 0.1) is 18.6 Å². The van der Waals surface area contributed by atoms with Crippen LogP contribution in [0.1, 0.15) is 11.3 Å². The Kier molecular flexibility index (Phi) is 7.06. The number of anilines is 1. The second kappa shape index (κ2) is 9.98. The molecule has 0 saturated carbocycles. The molecule has 2 aromatic carbocycles. The Hall–Kier alpha value is -2.82. The Morgan fingerprint density at radius 2 is 1.85 bits per heavy atom. The number of aryl methyl sites for hydroxylation is 1. The fourth-order valence-corrected chi connectivity index (χ4v) is 4.03. The van der Waals surface area contributed by atoms with Gasteiger partial charge in [-0.1, -0.05) is 37.7 Å². The SMILES string of the molecule is Cc1nc2cc(F)c(-c3ccc(OCP(C)C)nc3)cc2c(NCc2ccccc2F)c1Cl. The topological polar surface area (TPSA) is 47.0 Å². The average molecular weight is 486 g/mol. The van der Waals surface area contributed by atoms with Gasteiger partial charge >= 0.3 is 0 Å². The predicted molar refractivity (Wildman–Crippen MR) is 133 cm³/mol. The lowest BCUT2D eigenvalue weighted by Gasteiger charge is -2.15. The van der Waals surface area contributed by atoms with Gasteiger partial charge in [0, 0.05) is 47.0 Å². The molecule has 0 fully saturated rings. The van der Waals surface area contributed by atoms with E-state index in [0.29, 0.717) is 56.2 Å². The number of benzene rings is 2. The molecule has 0 aliphatic carbocycles. The molecule has 4 aromatic rings. The van der Waals surface area contributed by atoms with Gasteiger partial charge in [-0.15, -0.1) is 0 Å². The van der Waals surface area contributed by atoms with Crippen LogP contribution >= 0.6 is 19.5 Å². The van der Waals surface area contributed by atoms with Crippen molar-refractivity contribution in [1.82, 2.24) is 9.97 Å². The van der Waals surface area contributed by atoms with Crippen LogP contribution < -0.4 is 10.1 Å². The Morgan fingerprint density at radius 3 is 2.55 bits per heavy atom. The Bertz CT molecular complexity index is 1300. The number of rotatable bonds is 7. The van der Waals surface area contributed by atoms with Gasteiger partial charge in [-0.3, -0.25) is 4.98 Å². The summed E-state index contributed by atoms with van der Waals surface area (Å²) in [5.74, 6) is -0.225. The number of nitrogens with zero attached hydrogens (tertiary/aromatic N) is 2. The van der Waals surface area contributed by atoms with Crippen molar-refractivity contribution >= 4 is 36.1 Å². The number of aromatic nitrogens is 2. The van der Waals surface area contributed by atoms with Crippen molar-refractivity contribution < 1.29 is 13.5 Å². The van der Waals surface area contributed by atoms with E-state index in [1.54, 1.807) is 49.5 Å². The molecule has 0 saturated heterocycles. The summed E-state index contributed by atoms with van der Waals surface area (Å²) in [6.07, 6.45) is 2.20. The van der Waals surface area contributed by atoms with E-state index in [1.807, 2.05) is 0 Å². The zero-order chi connectivity index (χ0) is 23.5. The number of halogens is 3. The van der Waals surface area contributed by atoms with Crippen molar-refractivity contribution in [1.29, 1.82) is 0 Å². The standard InChI is InChI=1S/C25H23ClF2N3OP/c1-15-24(26)25(30-13-17-6-4-5-7-20(17)27)19-10-18(21(28)11-22(19)31-15)16-8-9-23(29-12-16)32-14-33(2)3/h4-12H,13-14H2,1-3H3,(H,30,31). The summed E-state index contributed by atoms with van der Waals surface area (Å²) in [6, 6.07) is 13.1. The fraction of sp³-hybridized carbons (Fsp3) is 0.200. The van der Waals surface area contributed by atoms with Gasteiger partial charge < -0.3 is 10.1 Å². The minimum Gasteiger partial charge on any atom is -0.473 e. The molecular formula is C25H23ClF2N3OP. The molecule has 0 aliphatic heterocycles. The molecule has 4 rings (SSSR count). The number of nitrogens with one attached hydrogen (secondary N) is 1. The summed E-state index contributed by atoms with van der Waals surface area (Å²) in [5.41, 5.74) is 3.07. The maximum atomic E-state index is 15.0. The molecule has 0 amide bonds. The van der Waals surface area contributed by atoms with Gasteiger partial charge in [0.2, 0.25) is 5.88 Å². The second-order valence-corrected chi connectivity index (χ2v) is 10.7. The van der Waals surface area contributed by atoms with Crippen LogP contribution in [0.4, 0.5) is 14.5 Å². The van der Waals surface area contributed by atoms with E-state index in [2.05, 4.69) is 28.6 Å². The quantitative estimate of drug-likeness (QED) is 0.280. The van der Waals surface area contributed by atoms with Crippen molar-refractivity contribution in [2.45, 2.75) is 13.5 Å². The predicted octanol–water partition coefficient (Wildman–Crippen LogP) is 7.23. The van der Waals surface area contributed by atoms with Gasteiger partial charge in [-0.25, -0.2) is 13.8 Å². The van der Waals surface area contributed by atoms with Gasteiger partial charge in [-0.2, -0.15) is 0 Å². The van der Waals surface area contributed by atoms with Crippen LogP contribution in [0.15, 0.2) is 54.7 Å². The number of hydrogen-bond donors (Lipinski definition) is 1. The van der Waals surface area contributed by atoms with Crippen LogP contribution in [0.25, 0.3) is 22.0 Å². The molecule has 2 aromatic heterocycles. The lowest BCUT2D eigenvalue weighted by atomic mass is 10.0. The van der Waals surface area contributed by atoms with E-state index >= 15 is 4.39 Å². The zero-order valence-corrected chi connectivity index (χ0v) is 20.1. The van der Waals surface area contributed by atoms with Gasteiger partial charge in [-0.05, 0) is 38.5 Å². The minimum absolute atomic E-state index is 0.205. The summed E-state index contributed by atoms with van der Waals surface area (Å²) in [4.78, 5) is 8.75. The molecule has 170 valence electrons. The van der Waals surface area contributed by atoms with E-state index < -0.39 is 5.82 Å². The zero-order valence-electron chi connectivity index (χ0n) is 18.5. The fourth-order valence-electron chi connectivity index (χ4n) is 3.42. The molecule has 1 N–H and O–H groups in total. The van der Waals surface area contributed by atoms with Gasteiger partial charge in [0.25, 0.3) is 0 Å². The number of fused-ring (bicyclic) bond motifs is 1. The van der Waals surface area contributed by atoms with Crippen LogP contribution in [-0.2, 0) is 6.54 Å². The first-order valence-electron chi connectivity index (χ1n) is 10.3. The van der Waals surface area contributed by atoms with E-state index in [4.69, 9.17) is 16.3 Å². The third-order valence-corrected chi connectivity index (χ3v) is 6.22. The lowest BCUT2D eigenvalue weighted by molar-refractivity contribution is 0.373. The van der Waals surface area contributed by atoms with Gasteiger partial charge in [0.15, 0.2) is 0 Å². The van der Waals surface area contributed by atoms with E-state index in [0.717, 1.165) is 0 Å². The summed E-state index contributed by atoms with van der Waals surface area (Å²) in [6.45, 7) is 6.21. The average Bonchev–Trinajstić information content (AvgIpc) is 2.79. The molecule has 0 radical (unpaired) electrons. The smallest absolute Gasteiger partial charge is 0.213 e. The van der Waals surface area contributed by atoms with Crippen molar-refractivity contribution in [2.24, 2.45) is 0 Å². The Balaban J connectivity index is 1.72. The van der Waals surface area contributed by atoms with E-state index in [1.165, 1.54) is 12.1 Å². The van der Waals surface area contributed by atoms with Crippen molar-refractivity contribution in [3.8, 4) is 17.0 Å². The third kappa shape index (κ3) is 5.23. The van der Waals surface area contributed by atoms with Crippen LogP contribution in [0.3, 0.4) is 0 Å². The molecular weight excluding hydrogens is 463 g/mol. The summed E-state index contributed by atoms with van der Waals surface area (Å²) in [5, 5.41) is 4.27. The first-order valence-corrected chi connectivity index (χ1v) is 13.1. The molecule has 4 nitrogen and oxygen atoms in total. The maximum absolute atomic E-state index is 15.0. The van der Waals surface area contributed by atoms with Crippen LogP contribution in [0.2, 0.25) is 5.02 Å². The number of ether oxygens (including phenoxy) is 1. The third-order valence-electron chi connectivity index (χ3n) is 5.11. The Labute approximate surface area is 197 Å². The summed E-state index contributed by atoms with van der Waals surface area (Å²) < 4.78 is 34.8. The molecule has 0 aliphatic rings. The second-order valence-electron chi connectivity index (χ2n) is 7.92. The van der Waals surface area contributed by atoms with Crippen molar-refractivity contribution in [3.63, 3.8) is 0 Å². The van der Waals surface area contributed by atoms with Gasteiger partial charge in [0.05, 0.1) is 21.9 Å². The Morgan fingerprint density at radius 1 is 1.06 bits per heavy atom. The molecule has 8 heteroatoms. The molecule has 0 unspecified atom stereocenters. The van der Waals surface area contributed by atoms with E-state index in [9.17, 15) is 4.39 Å². The molecule has 33 heavy (non-hydrogen) atoms. The summed E-state index contributed by atoms with van der Waals surface area (Å²) >= 11 is 6.56. The van der Waals surface area contributed by atoms with Crippen LogP contribution in [0.5, 0.6) is 5.88 Å². The largest absolute Gasteiger partial charge is 0.473 e. The molecule has 0 atom stereocenters. The highest BCUT2D eigenvalue weighted by Crippen LogP contribution is 2.37. The first kappa shape index (κ1) is 23.3. The normalized spacial score (nSPS) is 11.2. The molecule has 2 heterocycles. The number of hydrogen-bond acceptors (Lipinski definition) is 4. The minimum atomic E-state index is -0.419. The maximum Gasteiger partial charge on any atom is 0.213 e. The molecule has 0 spiro atoms. The summed E-state index contributed by atoms with van der Waals surface area (Å²) in [7, 11) is -0.205. The van der Waals surface area contributed by atoms with E-state index in [-0.39, 0.29) is 20.3 Å². The number of pyridine rings is 2. The first-order chi connectivity index (χ1) is 15.8. The van der Waals surface area contributed by atoms with Crippen LogP contribution in [-0.4, -0.2) is 29.6 Å². The highest BCUT2D eigenvalue weighted by atomic mass is 35.5. The van der Waals surface area contributed by atoms with Crippen molar-refractivity contribution in [2.75, 3.05) is 25.0 Å².